The van der Waals surface area contributed by atoms with Gasteiger partial charge in [0.25, 0.3) is 0 Å². The molecule has 0 atom stereocenters. The monoisotopic (exact) mass is 300 g/mol. The fraction of sp³-hybridized carbons (Fsp3) is 0.455. The van der Waals surface area contributed by atoms with E-state index in [1.54, 1.807) is 6.92 Å². The number of Topliss-reactive ketones (excluding diaryl/α,β-unsaturated/α-hetero) is 1. The largest absolute Gasteiger partial charge is 0.356 e. The van der Waals surface area contributed by atoms with Crippen molar-refractivity contribution in [3.05, 3.63) is 15.4 Å². The first-order valence-electron chi connectivity index (χ1n) is 5.02. The highest BCUT2D eigenvalue weighted by molar-refractivity contribution is 9.10. The van der Waals surface area contributed by atoms with E-state index in [0.29, 0.717) is 11.4 Å². The van der Waals surface area contributed by atoms with Crippen LogP contribution < -0.4 is 4.90 Å². The van der Waals surface area contributed by atoms with Gasteiger partial charge in [0.05, 0.1) is 11.5 Å². The Hall–Kier alpha value is -0.860. The standard InChI is InChI=1S/C11H13BrN2OS/c1-3-4-14(7-8(2)15)11-5-9(12)10(6-13)16-11/h5H,3-4,7H2,1-2H3. The molecule has 0 N–H and O–H groups in total. The van der Waals surface area contributed by atoms with Crippen molar-refractivity contribution >= 4 is 38.1 Å². The Bertz CT molecular complexity index is 422. The van der Waals surface area contributed by atoms with Crippen LogP contribution in [0.2, 0.25) is 0 Å². The van der Waals surface area contributed by atoms with Crippen LogP contribution in [-0.4, -0.2) is 18.9 Å². The molecule has 0 saturated carbocycles. The summed E-state index contributed by atoms with van der Waals surface area (Å²) in [5.74, 6) is 0.136. The van der Waals surface area contributed by atoms with Gasteiger partial charge in [-0.1, -0.05) is 6.92 Å². The SMILES string of the molecule is CCCN(CC(C)=O)c1cc(Br)c(C#N)s1. The highest BCUT2D eigenvalue weighted by Gasteiger charge is 2.13. The third-order valence-corrected chi connectivity index (χ3v) is 3.98. The zero-order valence-corrected chi connectivity index (χ0v) is 11.7. The number of carbonyl (C=O) groups excluding carboxylic acids is 1. The molecule has 0 bridgehead atoms. The molecule has 0 saturated heterocycles. The van der Waals surface area contributed by atoms with Crippen LogP contribution in [-0.2, 0) is 4.79 Å². The molecule has 0 aliphatic heterocycles. The number of anilines is 1. The van der Waals surface area contributed by atoms with E-state index in [1.807, 2.05) is 11.0 Å². The normalized spacial score (nSPS) is 9.88. The van der Waals surface area contributed by atoms with Crippen LogP contribution in [0, 0.1) is 11.3 Å². The van der Waals surface area contributed by atoms with E-state index in [-0.39, 0.29) is 5.78 Å². The van der Waals surface area contributed by atoms with Gasteiger partial charge in [0.15, 0.2) is 0 Å². The minimum Gasteiger partial charge on any atom is -0.356 e. The lowest BCUT2D eigenvalue weighted by Crippen LogP contribution is -2.28. The summed E-state index contributed by atoms with van der Waals surface area (Å²) in [6.45, 7) is 4.89. The van der Waals surface area contributed by atoms with Gasteiger partial charge in [-0.2, -0.15) is 5.26 Å². The molecule has 0 unspecified atom stereocenters. The summed E-state index contributed by atoms with van der Waals surface area (Å²) < 4.78 is 0.805. The smallest absolute Gasteiger partial charge is 0.149 e. The fourth-order valence-corrected chi connectivity index (χ4v) is 2.97. The molecule has 1 heterocycles. The van der Waals surface area contributed by atoms with Gasteiger partial charge in [-0.25, -0.2) is 0 Å². The molecule has 0 spiro atoms. The fourth-order valence-electron chi connectivity index (χ4n) is 1.39. The summed E-state index contributed by atoms with van der Waals surface area (Å²) in [6, 6.07) is 4.03. The molecule has 0 aliphatic rings. The molecule has 16 heavy (non-hydrogen) atoms. The Balaban J connectivity index is 2.92. The molecule has 0 radical (unpaired) electrons. The molecule has 0 fully saturated rings. The Morgan fingerprint density at radius 1 is 1.69 bits per heavy atom. The quantitative estimate of drug-likeness (QED) is 0.839. The lowest BCUT2D eigenvalue weighted by atomic mass is 10.3. The summed E-state index contributed by atoms with van der Waals surface area (Å²) in [6.07, 6.45) is 0.977. The molecule has 3 nitrogen and oxygen atoms in total. The van der Waals surface area contributed by atoms with E-state index in [4.69, 9.17) is 5.26 Å². The van der Waals surface area contributed by atoms with Crippen molar-refractivity contribution in [2.45, 2.75) is 20.3 Å². The minimum absolute atomic E-state index is 0.136. The second-order valence-electron chi connectivity index (χ2n) is 3.50. The van der Waals surface area contributed by atoms with Gasteiger partial charge in [0.2, 0.25) is 0 Å². The van der Waals surface area contributed by atoms with E-state index >= 15 is 0 Å². The van der Waals surface area contributed by atoms with Crippen molar-refractivity contribution in [2.24, 2.45) is 0 Å². The van der Waals surface area contributed by atoms with E-state index in [9.17, 15) is 4.79 Å². The van der Waals surface area contributed by atoms with Gasteiger partial charge < -0.3 is 4.90 Å². The van der Waals surface area contributed by atoms with Crippen LogP contribution in [0.1, 0.15) is 25.1 Å². The number of thiophene rings is 1. The molecular formula is C11H13BrN2OS. The van der Waals surface area contributed by atoms with Crippen LogP contribution in [0.15, 0.2) is 10.5 Å². The Morgan fingerprint density at radius 2 is 2.38 bits per heavy atom. The Morgan fingerprint density at radius 3 is 2.81 bits per heavy atom. The number of carbonyl (C=O) groups is 1. The number of hydrogen-bond acceptors (Lipinski definition) is 4. The molecule has 86 valence electrons. The van der Waals surface area contributed by atoms with Crippen molar-refractivity contribution < 1.29 is 4.79 Å². The average Bonchev–Trinajstić information content (AvgIpc) is 2.58. The van der Waals surface area contributed by atoms with E-state index in [1.165, 1.54) is 11.3 Å². The van der Waals surface area contributed by atoms with Crippen LogP contribution in [0.5, 0.6) is 0 Å². The highest BCUT2D eigenvalue weighted by atomic mass is 79.9. The van der Waals surface area contributed by atoms with Gasteiger partial charge in [0, 0.05) is 11.0 Å². The summed E-state index contributed by atoms with van der Waals surface area (Å²) in [7, 11) is 0. The third kappa shape index (κ3) is 3.32. The average molecular weight is 301 g/mol. The number of hydrogen-bond donors (Lipinski definition) is 0. The number of ketones is 1. The first-order valence-corrected chi connectivity index (χ1v) is 6.63. The maximum atomic E-state index is 11.1. The second-order valence-corrected chi connectivity index (χ2v) is 5.38. The molecule has 0 aliphatic carbocycles. The van der Waals surface area contributed by atoms with Crippen LogP contribution in [0.25, 0.3) is 0 Å². The predicted octanol–water partition coefficient (Wildman–Crippen LogP) is 3.19. The first-order chi connectivity index (χ1) is 7.58. The van der Waals surface area contributed by atoms with Gasteiger partial charge >= 0.3 is 0 Å². The van der Waals surface area contributed by atoms with Gasteiger partial charge in [-0.15, -0.1) is 11.3 Å². The zero-order chi connectivity index (χ0) is 12.1. The van der Waals surface area contributed by atoms with Crippen molar-refractivity contribution in [3.63, 3.8) is 0 Å². The van der Waals surface area contributed by atoms with Crippen molar-refractivity contribution in [1.82, 2.24) is 0 Å². The summed E-state index contributed by atoms with van der Waals surface area (Å²) in [5, 5.41) is 9.84. The van der Waals surface area contributed by atoms with Crippen LogP contribution >= 0.6 is 27.3 Å². The van der Waals surface area contributed by atoms with E-state index < -0.39 is 0 Å². The zero-order valence-electron chi connectivity index (χ0n) is 9.29. The maximum absolute atomic E-state index is 11.1. The van der Waals surface area contributed by atoms with Crippen molar-refractivity contribution in [3.8, 4) is 6.07 Å². The van der Waals surface area contributed by atoms with Crippen molar-refractivity contribution in [1.29, 1.82) is 5.26 Å². The topological polar surface area (TPSA) is 44.1 Å². The minimum atomic E-state index is 0.136. The molecule has 1 rings (SSSR count). The van der Waals surface area contributed by atoms with Crippen LogP contribution in [0.3, 0.4) is 0 Å². The van der Waals surface area contributed by atoms with Gasteiger partial charge in [-0.05, 0) is 35.3 Å². The highest BCUT2D eigenvalue weighted by Crippen LogP contribution is 2.33. The van der Waals surface area contributed by atoms with Gasteiger partial charge in [0.1, 0.15) is 16.7 Å². The maximum Gasteiger partial charge on any atom is 0.149 e. The number of nitriles is 1. The van der Waals surface area contributed by atoms with Crippen LogP contribution in [0.4, 0.5) is 5.00 Å². The number of halogens is 1. The van der Waals surface area contributed by atoms with E-state index in [0.717, 1.165) is 22.4 Å². The van der Waals surface area contributed by atoms with Crippen molar-refractivity contribution in [2.75, 3.05) is 18.0 Å². The Kier molecular flexibility index (Phi) is 4.97. The lowest BCUT2D eigenvalue weighted by molar-refractivity contribution is -0.115. The predicted molar refractivity (Wildman–Crippen MR) is 69.9 cm³/mol. The molecule has 1 aromatic heterocycles. The third-order valence-electron chi connectivity index (χ3n) is 1.99. The number of nitrogens with zero attached hydrogens (tertiary/aromatic N) is 2. The second kappa shape index (κ2) is 6.02. The molecule has 0 amide bonds. The lowest BCUT2D eigenvalue weighted by Gasteiger charge is -2.20. The molecule has 5 heteroatoms. The molecular weight excluding hydrogens is 288 g/mol. The summed E-state index contributed by atoms with van der Waals surface area (Å²) >= 11 is 4.75. The number of rotatable bonds is 5. The molecule has 1 aromatic rings. The summed E-state index contributed by atoms with van der Waals surface area (Å²) in [4.78, 5) is 13.8. The first kappa shape index (κ1) is 13.2. The molecule has 0 aromatic carbocycles. The summed E-state index contributed by atoms with van der Waals surface area (Å²) in [5.41, 5.74) is 0. The van der Waals surface area contributed by atoms with Gasteiger partial charge in [-0.3, -0.25) is 4.79 Å². The van der Waals surface area contributed by atoms with E-state index in [2.05, 4.69) is 28.9 Å². The Labute approximate surface area is 108 Å².